The molecule has 1 amide bonds. The van der Waals surface area contributed by atoms with E-state index in [9.17, 15) is 4.79 Å². The number of nitrogens with one attached hydrogen (secondary N) is 1. The molecule has 1 aliphatic heterocycles. The molecule has 0 fully saturated rings. The highest BCUT2D eigenvalue weighted by molar-refractivity contribution is 5.81. The smallest absolute Gasteiger partial charge is 0.237 e. The van der Waals surface area contributed by atoms with E-state index in [1.54, 1.807) is 6.92 Å². The average Bonchev–Trinajstić information content (AvgIpc) is 2.77. The first-order chi connectivity index (χ1) is 7.59. The van der Waals surface area contributed by atoms with Crippen molar-refractivity contribution in [3.8, 4) is 0 Å². The fourth-order valence-corrected chi connectivity index (χ4v) is 1.90. The van der Waals surface area contributed by atoms with Gasteiger partial charge in [0.05, 0.1) is 12.1 Å². The van der Waals surface area contributed by atoms with Crippen LogP contribution in [-0.4, -0.2) is 26.7 Å². The first kappa shape index (κ1) is 11.1. The third-order valence-corrected chi connectivity index (χ3v) is 2.80. The summed E-state index contributed by atoms with van der Waals surface area (Å²) in [7, 11) is 0. The van der Waals surface area contributed by atoms with Crippen molar-refractivity contribution in [2.75, 3.05) is 0 Å². The topological polar surface area (TPSA) is 85.8 Å². The van der Waals surface area contributed by atoms with Crippen LogP contribution in [0.3, 0.4) is 0 Å². The maximum Gasteiger partial charge on any atom is 0.237 e. The monoisotopic (exact) mass is 223 g/mol. The highest BCUT2D eigenvalue weighted by atomic mass is 16.2. The van der Waals surface area contributed by atoms with E-state index < -0.39 is 6.04 Å². The van der Waals surface area contributed by atoms with Crippen molar-refractivity contribution < 1.29 is 4.79 Å². The van der Waals surface area contributed by atoms with Gasteiger partial charge in [0.25, 0.3) is 0 Å². The molecule has 6 nitrogen and oxygen atoms in total. The highest BCUT2D eigenvalue weighted by Crippen LogP contribution is 2.18. The molecule has 2 rings (SSSR count). The molecule has 2 atom stereocenters. The van der Waals surface area contributed by atoms with Gasteiger partial charge in [-0.25, -0.2) is 0 Å². The zero-order valence-corrected chi connectivity index (χ0v) is 9.60. The lowest BCUT2D eigenvalue weighted by molar-refractivity contribution is -0.122. The van der Waals surface area contributed by atoms with E-state index in [0.717, 1.165) is 31.0 Å². The lowest BCUT2D eigenvalue weighted by atomic mass is 10.2. The molecule has 0 aromatic carbocycles. The number of carbonyl (C=O) groups excluding carboxylic acids is 1. The SMILES string of the molecule is CC(N)C(=O)NC(C)c1nnc2n1CCC2. The van der Waals surface area contributed by atoms with Gasteiger partial charge in [-0.2, -0.15) is 0 Å². The van der Waals surface area contributed by atoms with E-state index in [2.05, 4.69) is 20.1 Å². The zero-order chi connectivity index (χ0) is 11.7. The van der Waals surface area contributed by atoms with Crippen LogP contribution in [-0.2, 0) is 17.8 Å². The summed E-state index contributed by atoms with van der Waals surface area (Å²) in [5, 5.41) is 11.0. The molecular formula is C10H17N5O. The molecular weight excluding hydrogens is 206 g/mol. The lowest BCUT2D eigenvalue weighted by Gasteiger charge is -2.15. The van der Waals surface area contributed by atoms with Gasteiger partial charge in [-0.05, 0) is 20.3 Å². The van der Waals surface area contributed by atoms with Gasteiger partial charge in [0.1, 0.15) is 5.82 Å². The van der Waals surface area contributed by atoms with Gasteiger partial charge in [0.2, 0.25) is 5.91 Å². The Labute approximate surface area is 94.2 Å². The van der Waals surface area contributed by atoms with Crippen molar-refractivity contribution in [1.82, 2.24) is 20.1 Å². The van der Waals surface area contributed by atoms with Gasteiger partial charge < -0.3 is 15.6 Å². The number of nitrogens with two attached hydrogens (primary N) is 1. The molecule has 2 unspecified atom stereocenters. The average molecular weight is 223 g/mol. The number of rotatable bonds is 3. The van der Waals surface area contributed by atoms with Crippen LogP contribution in [0, 0.1) is 0 Å². The number of carbonyl (C=O) groups is 1. The summed E-state index contributed by atoms with van der Waals surface area (Å²) in [5.74, 6) is 1.67. The minimum atomic E-state index is -0.497. The van der Waals surface area contributed by atoms with Crippen molar-refractivity contribution in [1.29, 1.82) is 0 Å². The molecule has 1 aliphatic rings. The van der Waals surface area contributed by atoms with Crippen LogP contribution in [0.4, 0.5) is 0 Å². The molecule has 0 bridgehead atoms. The summed E-state index contributed by atoms with van der Waals surface area (Å²) in [5.41, 5.74) is 5.50. The Balaban J connectivity index is 2.09. The van der Waals surface area contributed by atoms with Crippen molar-refractivity contribution in [2.45, 2.75) is 45.3 Å². The predicted molar refractivity (Wildman–Crippen MR) is 58.6 cm³/mol. The van der Waals surface area contributed by atoms with Crippen molar-refractivity contribution in [2.24, 2.45) is 5.73 Å². The molecule has 0 saturated carbocycles. The second-order valence-corrected chi connectivity index (χ2v) is 4.25. The third-order valence-electron chi connectivity index (χ3n) is 2.80. The van der Waals surface area contributed by atoms with E-state index in [0.29, 0.717) is 0 Å². The van der Waals surface area contributed by atoms with E-state index in [1.165, 1.54) is 0 Å². The highest BCUT2D eigenvalue weighted by Gasteiger charge is 2.22. The summed E-state index contributed by atoms with van der Waals surface area (Å²) in [6.45, 7) is 4.50. The van der Waals surface area contributed by atoms with Gasteiger partial charge in [-0.15, -0.1) is 10.2 Å². The molecule has 2 heterocycles. The predicted octanol–water partition coefficient (Wildman–Crippen LogP) is -0.251. The Morgan fingerprint density at radius 1 is 1.50 bits per heavy atom. The molecule has 6 heteroatoms. The molecule has 3 N–H and O–H groups in total. The van der Waals surface area contributed by atoms with Crippen LogP contribution >= 0.6 is 0 Å². The normalized spacial score (nSPS) is 17.9. The second-order valence-electron chi connectivity index (χ2n) is 4.25. The van der Waals surface area contributed by atoms with Crippen LogP contribution in [0.1, 0.15) is 38.0 Å². The Bertz CT molecular complexity index is 398. The summed E-state index contributed by atoms with van der Waals surface area (Å²) in [4.78, 5) is 11.5. The first-order valence-corrected chi connectivity index (χ1v) is 5.57. The fraction of sp³-hybridized carbons (Fsp3) is 0.700. The van der Waals surface area contributed by atoms with E-state index in [1.807, 2.05) is 6.92 Å². The number of fused-ring (bicyclic) bond motifs is 1. The Morgan fingerprint density at radius 3 is 2.94 bits per heavy atom. The lowest BCUT2D eigenvalue weighted by Crippen LogP contribution is -2.40. The van der Waals surface area contributed by atoms with Crippen LogP contribution in [0.2, 0.25) is 0 Å². The van der Waals surface area contributed by atoms with E-state index in [-0.39, 0.29) is 11.9 Å². The standard InChI is InChI=1S/C10H17N5O/c1-6(11)10(16)12-7(2)9-14-13-8-4-3-5-15(8)9/h6-7H,3-5,11H2,1-2H3,(H,12,16). The number of hydrogen-bond donors (Lipinski definition) is 2. The van der Waals surface area contributed by atoms with Gasteiger partial charge >= 0.3 is 0 Å². The Hall–Kier alpha value is -1.43. The number of aryl methyl sites for hydroxylation is 1. The Kier molecular flexibility index (Phi) is 2.91. The molecule has 0 saturated heterocycles. The molecule has 0 spiro atoms. The molecule has 0 aliphatic carbocycles. The largest absolute Gasteiger partial charge is 0.345 e. The molecule has 1 aromatic rings. The van der Waals surface area contributed by atoms with Crippen molar-refractivity contribution >= 4 is 5.91 Å². The van der Waals surface area contributed by atoms with E-state index >= 15 is 0 Å². The number of hydrogen-bond acceptors (Lipinski definition) is 4. The van der Waals surface area contributed by atoms with Crippen molar-refractivity contribution in [3.63, 3.8) is 0 Å². The fourth-order valence-electron chi connectivity index (χ4n) is 1.90. The van der Waals surface area contributed by atoms with Gasteiger partial charge in [-0.3, -0.25) is 4.79 Å². The first-order valence-electron chi connectivity index (χ1n) is 5.57. The molecule has 16 heavy (non-hydrogen) atoms. The van der Waals surface area contributed by atoms with E-state index in [4.69, 9.17) is 5.73 Å². The minimum Gasteiger partial charge on any atom is -0.345 e. The van der Waals surface area contributed by atoms with Crippen molar-refractivity contribution in [3.05, 3.63) is 11.6 Å². The maximum atomic E-state index is 11.5. The summed E-state index contributed by atoms with van der Waals surface area (Å²) < 4.78 is 2.08. The maximum absolute atomic E-state index is 11.5. The van der Waals surface area contributed by atoms with Crippen LogP contribution in [0.15, 0.2) is 0 Å². The third kappa shape index (κ3) is 1.92. The van der Waals surface area contributed by atoms with Crippen LogP contribution in [0.5, 0.6) is 0 Å². The second kappa shape index (κ2) is 4.21. The van der Waals surface area contributed by atoms with Crippen LogP contribution in [0.25, 0.3) is 0 Å². The molecule has 88 valence electrons. The van der Waals surface area contributed by atoms with Gasteiger partial charge in [0, 0.05) is 13.0 Å². The summed E-state index contributed by atoms with van der Waals surface area (Å²) in [6, 6.07) is -0.638. The number of aromatic nitrogens is 3. The summed E-state index contributed by atoms with van der Waals surface area (Å²) in [6.07, 6.45) is 2.08. The van der Waals surface area contributed by atoms with Gasteiger partial charge in [-0.1, -0.05) is 0 Å². The summed E-state index contributed by atoms with van der Waals surface area (Å²) >= 11 is 0. The Morgan fingerprint density at radius 2 is 2.25 bits per heavy atom. The molecule has 0 radical (unpaired) electrons. The van der Waals surface area contributed by atoms with Gasteiger partial charge in [0.15, 0.2) is 5.82 Å². The number of nitrogens with zero attached hydrogens (tertiary/aromatic N) is 3. The van der Waals surface area contributed by atoms with Crippen LogP contribution < -0.4 is 11.1 Å². The zero-order valence-electron chi connectivity index (χ0n) is 9.60. The number of amides is 1. The minimum absolute atomic E-state index is 0.141. The quantitative estimate of drug-likeness (QED) is 0.739. The molecule has 1 aromatic heterocycles.